The second-order valence-electron chi connectivity index (χ2n) is 10.0. The van der Waals surface area contributed by atoms with E-state index < -0.39 is 24.1 Å². The predicted octanol–water partition coefficient (Wildman–Crippen LogP) is 4.97. The van der Waals surface area contributed by atoms with Crippen molar-refractivity contribution >= 4 is 28.2 Å². The molecule has 2 heterocycles. The Morgan fingerprint density at radius 2 is 1.71 bits per heavy atom. The Bertz CT molecular complexity index is 1330. The van der Waals surface area contributed by atoms with Crippen LogP contribution in [-0.4, -0.2) is 40.8 Å². The van der Waals surface area contributed by atoms with Gasteiger partial charge in [0.05, 0.1) is 24.3 Å². The highest BCUT2D eigenvalue weighted by Crippen LogP contribution is 2.50. The molecule has 6 heteroatoms. The summed E-state index contributed by atoms with van der Waals surface area (Å²) in [4.78, 5) is 29.5. The number of ketones is 1. The van der Waals surface area contributed by atoms with Gasteiger partial charge in [-0.15, -0.1) is 0 Å². The molecular weight excluding hydrogens is 443 g/mol. The lowest BCUT2D eigenvalue weighted by Crippen LogP contribution is -2.50. The van der Waals surface area contributed by atoms with E-state index in [9.17, 15) is 14.7 Å². The van der Waals surface area contributed by atoms with Gasteiger partial charge < -0.3 is 10.0 Å². The van der Waals surface area contributed by atoms with Gasteiger partial charge in [0.25, 0.3) is 5.91 Å². The number of carbonyl (C=O) groups excluding carboxylic acids is 2. The van der Waals surface area contributed by atoms with Crippen molar-refractivity contribution < 1.29 is 19.1 Å². The molecule has 1 fully saturated rings. The van der Waals surface area contributed by atoms with Crippen LogP contribution in [0.1, 0.15) is 61.4 Å². The summed E-state index contributed by atoms with van der Waals surface area (Å²) in [6.45, 7) is 3.08. The number of piperidine rings is 1. The van der Waals surface area contributed by atoms with Crippen molar-refractivity contribution in [3.8, 4) is 0 Å². The van der Waals surface area contributed by atoms with Crippen LogP contribution < -0.4 is 4.90 Å². The second-order valence-corrected chi connectivity index (χ2v) is 10.0. The number of halogens is 1. The summed E-state index contributed by atoms with van der Waals surface area (Å²) in [7, 11) is 0. The molecule has 3 aromatic rings. The fourth-order valence-corrected chi connectivity index (χ4v) is 6.42. The Morgan fingerprint density at radius 1 is 1.03 bits per heavy atom. The molecule has 0 radical (unpaired) electrons. The van der Waals surface area contributed by atoms with Crippen LogP contribution >= 0.6 is 0 Å². The first-order valence-electron chi connectivity index (χ1n) is 12.5. The first-order valence-corrected chi connectivity index (χ1v) is 12.5. The summed E-state index contributed by atoms with van der Waals surface area (Å²) < 4.78 is 16.1. The van der Waals surface area contributed by atoms with Gasteiger partial charge in [0.15, 0.2) is 0 Å². The average molecular weight is 473 g/mol. The standard InChI is InChI=1S/C29H29FN2O3/c1-2-20(33)17-29(30)23-11-3-4-12-24(23)32(28(29)35)19-13-15-31(16-14-19)26-21-9-5-7-18-8-6-10-22(25(18)21)27(26)34/h3-12,19,26-27,34H,2,13-17H2,1H3/t26?,27-,29-/m1/s1. The summed E-state index contributed by atoms with van der Waals surface area (Å²) in [6, 6.07) is 19.0. The minimum absolute atomic E-state index is 0.124. The summed E-state index contributed by atoms with van der Waals surface area (Å²) in [6.07, 6.45) is 0.546. The van der Waals surface area contributed by atoms with Gasteiger partial charge in [-0.2, -0.15) is 0 Å². The summed E-state index contributed by atoms with van der Waals surface area (Å²) >= 11 is 0. The normalized spacial score (nSPS) is 26.5. The molecule has 6 rings (SSSR count). The van der Waals surface area contributed by atoms with Crippen LogP contribution in [0.4, 0.5) is 10.1 Å². The van der Waals surface area contributed by atoms with E-state index in [0.29, 0.717) is 37.2 Å². The van der Waals surface area contributed by atoms with E-state index in [1.807, 2.05) is 24.3 Å². The third-order valence-corrected chi connectivity index (χ3v) is 8.15. The van der Waals surface area contributed by atoms with Crippen molar-refractivity contribution in [2.45, 2.75) is 56.5 Å². The molecule has 35 heavy (non-hydrogen) atoms. The SMILES string of the molecule is CCC(=O)C[C@]1(F)C(=O)N(C2CCN(C3c4cccc5cccc(c45)[C@H]3O)CC2)c2ccccc21. The second kappa shape index (κ2) is 8.25. The van der Waals surface area contributed by atoms with E-state index in [2.05, 4.69) is 23.1 Å². The number of alkyl halides is 1. The maximum Gasteiger partial charge on any atom is 0.270 e. The van der Waals surface area contributed by atoms with Crippen molar-refractivity contribution in [1.29, 1.82) is 0 Å². The Labute approximate surface area is 204 Å². The van der Waals surface area contributed by atoms with Gasteiger partial charge in [0, 0.05) is 31.1 Å². The molecule has 0 spiro atoms. The number of aliphatic hydroxyl groups is 1. The number of hydrogen-bond donors (Lipinski definition) is 1. The van der Waals surface area contributed by atoms with E-state index in [0.717, 1.165) is 21.9 Å². The van der Waals surface area contributed by atoms with E-state index in [4.69, 9.17) is 0 Å². The molecule has 0 saturated carbocycles. The average Bonchev–Trinajstić information content (AvgIpc) is 3.29. The van der Waals surface area contributed by atoms with E-state index in [1.165, 1.54) is 0 Å². The zero-order chi connectivity index (χ0) is 24.3. The van der Waals surface area contributed by atoms with E-state index in [-0.39, 0.29) is 24.3 Å². The van der Waals surface area contributed by atoms with E-state index in [1.54, 1.807) is 30.0 Å². The summed E-state index contributed by atoms with van der Waals surface area (Å²) in [5.41, 5.74) is 0.715. The van der Waals surface area contributed by atoms with E-state index >= 15 is 4.39 Å². The van der Waals surface area contributed by atoms with Gasteiger partial charge in [-0.25, -0.2) is 4.39 Å². The van der Waals surface area contributed by atoms with Gasteiger partial charge in [0.2, 0.25) is 5.67 Å². The van der Waals surface area contributed by atoms with Crippen LogP contribution in [0.3, 0.4) is 0 Å². The van der Waals surface area contributed by atoms with Gasteiger partial charge in [0.1, 0.15) is 5.78 Å². The Hall–Kier alpha value is -3.09. The monoisotopic (exact) mass is 472 g/mol. The van der Waals surface area contributed by atoms with Crippen LogP contribution in [0, 0.1) is 0 Å². The number of fused-ring (bicyclic) bond motifs is 1. The number of carbonyl (C=O) groups is 2. The third-order valence-electron chi connectivity index (χ3n) is 8.15. The number of Topliss-reactive ketones (excluding diaryl/α,β-unsaturated/α-hetero) is 1. The smallest absolute Gasteiger partial charge is 0.270 e. The lowest BCUT2D eigenvalue weighted by Gasteiger charge is -2.41. The minimum atomic E-state index is -2.29. The van der Waals surface area contributed by atoms with Crippen LogP contribution in [0.2, 0.25) is 0 Å². The van der Waals surface area contributed by atoms with Crippen LogP contribution in [0.15, 0.2) is 60.7 Å². The molecule has 1 saturated heterocycles. The molecule has 1 amide bonds. The highest BCUT2D eigenvalue weighted by Gasteiger charge is 2.54. The Balaban J connectivity index is 1.25. The third kappa shape index (κ3) is 3.27. The fourth-order valence-electron chi connectivity index (χ4n) is 6.42. The summed E-state index contributed by atoms with van der Waals surface area (Å²) in [5.74, 6) is -0.867. The lowest BCUT2D eigenvalue weighted by molar-refractivity contribution is -0.135. The van der Waals surface area contributed by atoms with Crippen molar-refractivity contribution in [1.82, 2.24) is 4.90 Å². The number of hydrogen-bond acceptors (Lipinski definition) is 4. The quantitative estimate of drug-likeness (QED) is 0.569. The van der Waals surface area contributed by atoms with Crippen molar-refractivity contribution in [3.05, 3.63) is 77.4 Å². The zero-order valence-corrected chi connectivity index (χ0v) is 19.8. The maximum atomic E-state index is 16.1. The van der Waals surface area contributed by atoms with Crippen molar-refractivity contribution in [3.63, 3.8) is 0 Å². The van der Waals surface area contributed by atoms with Crippen molar-refractivity contribution in [2.24, 2.45) is 0 Å². The molecule has 1 N–H and O–H groups in total. The minimum Gasteiger partial charge on any atom is -0.386 e. The van der Waals surface area contributed by atoms with Crippen molar-refractivity contribution in [2.75, 3.05) is 18.0 Å². The Morgan fingerprint density at radius 3 is 2.43 bits per heavy atom. The topological polar surface area (TPSA) is 60.9 Å². The largest absolute Gasteiger partial charge is 0.386 e. The number of aliphatic hydroxyl groups excluding tert-OH is 1. The lowest BCUT2D eigenvalue weighted by atomic mass is 9.91. The number of amides is 1. The predicted molar refractivity (Wildman–Crippen MR) is 133 cm³/mol. The summed E-state index contributed by atoms with van der Waals surface area (Å²) in [5, 5.41) is 13.5. The first kappa shape index (κ1) is 22.4. The molecule has 0 bridgehead atoms. The number of rotatable bonds is 5. The molecule has 180 valence electrons. The number of likely N-dealkylation sites (tertiary alicyclic amines) is 1. The molecule has 2 aliphatic heterocycles. The fraction of sp³-hybridized carbons (Fsp3) is 0.379. The number of para-hydroxylation sites is 1. The first-order chi connectivity index (χ1) is 16.9. The van der Waals surface area contributed by atoms with Gasteiger partial charge in [-0.3, -0.25) is 14.5 Å². The molecule has 3 aromatic carbocycles. The van der Waals surface area contributed by atoms with Gasteiger partial charge >= 0.3 is 0 Å². The molecule has 1 aliphatic carbocycles. The number of benzene rings is 3. The molecule has 1 unspecified atom stereocenters. The molecule has 0 aromatic heterocycles. The highest BCUT2D eigenvalue weighted by atomic mass is 19.1. The Kier molecular flexibility index (Phi) is 5.27. The van der Waals surface area contributed by atoms with Crippen LogP contribution in [-0.2, 0) is 15.3 Å². The van der Waals surface area contributed by atoms with Gasteiger partial charge in [-0.05, 0) is 40.8 Å². The number of anilines is 1. The molecule has 3 atom stereocenters. The molecule has 3 aliphatic rings. The molecular formula is C29H29FN2O3. The van der Waals surface area contributed by atoms with Gasteiger partial charge in [-0.1, -0.05) is 61.5 Å². The van der Waals surface area contributed by atoms with Crippen LogP contribution in [0.5, 0.6) is 0 Å². The number of nitrogens with zero attached hydrogens (tertiary/aromatic N) is 2. The zero-order valence-electron chi connectivity index (χ0n) is 19.8. The highest BCUT2D eigenvalue weighted by molar-refractivity contribution is 6.09. The molecule has 5 nitrogen and oxygen atoms in total. The van der Waals surface area contributed by atoms with Crippen LogP contribution in [0.25, 0.3) is 10.8 Å². The maximum absolute atomic E-state index is 16.1.